The summed E-state index contributed by atoms with van der Waals surface area (Å²) in [6.07, 6.45) is 4.15. The van der Waals surface area contributed by atoms with Crippen LogP contribution in [0.25, 0.3) is 5.52 Å². The second-order valence-corrected chi connectivity index (χ2v) is 5.88. The summed E-state index contributed by atoms with van der Waals surface area (Å²) in [6.45, 7) is 3.79. The lowest BCUT2D eigenvalue weighted by Crippen LogP contribution is -2.23. The predicted octanol–water partition coefficient (Wildman–Crippen LogP) is 0.654. The number of pyridine rings is 1. The minimum Gasteiger partial charge on any atom is -0.347 e. The molecule has 0 atom stereocenters. The van der Waals surface area contributed by atoms with Crippen molar-refractivity contribution in [1.29, 1.82) is 0 Å². The number of fused-ring (bicyclic) bond motifs is 1. The Labute approximate surface area is 110 Å². The highest BCUT2D eigenvalue weighted by Gasteiger charge is 2.22. The van der Waals surface area contributed by atoms with Crippen LogP contribution in [0.3, 0.4) is 0 Å². The summed E-state index contributed by atoms with van der Waals surface area (Å²) in [4.78, 5) is 15.9. The molecule has 0 fully saturated rings. The number of nitrogens with zero attached hydrogens (tertiary/aromatic N) is 2. The molecule has 0 bridgehead atoms. The lowest BCUT2D eigenvalue weighted by molar-refractivity contribution is 0.0955. The summed E-state index contributed by atoms with van der Waals surface area (Å²) in [5.74, 6) is -0.432. The van der Waals surface area contributed by atoms with E-state index in [0.29, 0.717) is 12.1 Å². The summed E-state index contributed by atoms with van der Waals surface area (Å²) in [6, 6.07) is 5.03. The minimum atomic E-state index is -3.51. The van der Waals surface area contributed by atoms with Gasteiger partial charge in [0.1, 0.15) is 0 Å². The molecule has 6 nitrogen and oxygen atoms in total. The first-order valence-electron chi connectivity index (χ1n) is 5.51. The van der Waals surface area contributed by atoms with Gasteiger partial charge in [-0.1, -0.05) is 12.1 Å². The number of rotatable bonds is 4. The van der Waals surface area contributed by atoms with E-state index in [-0.39, 0.29) is 10.9 Å². The Morgan fingerprint density at radius 2 is 2.26 bits per heavy atom. The number of aromatic nitrogens is 2. The zero-order valence-corrected chi connectivity index (χ0v) is 11.1. The first-order chi connectivity index (χ1) is 8.95. The largest absolute Gasteiger partial charge is 0.347 e. The van der Waals surface area contributed by atoms with Crippen molar-refractivity contribution in [3.63, 3.8) is 0 Å². The highest BCUT2D eigenvalue weighted by molar-refractivity contribution is 7.90. The minimum absolute atomic E-state index is 0.0860. The Balaban J connectivity index is 2.63. The molecular formula is C12H13N3O3S. The van der Waals surface area contributed by atoms with E-state index in [1.807, 2.05) is 0 Å². The van der Waals surface area contributed by atoms with E-state index < -0.39 is 15.7 Å². The molecule has 19 heavy (non-hydrogen) atoms. The van der Waals surface area contributed by atoms with E-state index in [4.69, 9.17) is 0 Å². The molecule has 2 aromatic heterocycles. The number of carbonyl (C=O) groups excluding carboxylic acids is 1. The first kappa shape index (κ1) is 13.3. The molecule has 0 aliphatic heterocycles. The fourth-order valence-corrected chi connectivity index (χ4v) is 2.46. The van der Waals surface area contributed by atoms with Gasteiger partial charge < -0.3 is 5.32 Å². The number of nitrogens with one attached hydrogen (secondary N) is 1. The van der Waals surface area contributed by atoms with Crippen molar-refractivity contribution in [3.05, 3.63) is 42.7 Å². The van der Waals surface area contributed by atoms with Gasteiger partial charge in [0.15, 0.2) is 5.69 Å². The van der Waals surface area contributed by atoms with E-state index in [1.165, 1.54) is 10.5 Å². The molecule has 0 aromatic carbocycles. The second-order valence-electron chi connectivity index (χ2n) is 3.97. The molecule has 0 spiro atoms. The maximum Gasteiger partial charge on any atom is 0.272 e. The van der Waals surface area contributed by atoms with Crippen LogP contribution in [0.4, 0.5) is 0 Å². The van der Waals surface area contributed by atoms with Crippen LogP contribution < -0.4 is 5.32 Å². The van der Waals surface area contributed by atoms with Crippen molar-refractivity contribution in [2.24, 2.45) is 0 Å². The summed E-state index contributed by atoms with van der Waals surface area (Å²) >= 11 is 0. The lowest BCUT2D eigenvalue weighted by Gasteiger charge is -1.99. The van der Waals surface area contributed by atoms with E-state index in [1.54, 1.807) is 24.4 Å². The molecule has 0 radical (unpaired) electrons. The van der Waals surface area contributed by atoms with Crippen molar-refractivity contribution in [2.75, 3.05) is 12.8 Å². The number of amides is 1. The van der Waals surface area contributed by atoms with Gasteiger partial charge in [0.25, 0.3) is 5.91 Å². The smallest absolute Gasteiger partial charge is 0.272 e. The van der Waals surface area contributed by atoms with Crippen LogP contribution in [0.5, 0.6) is 0 Å². The fraction of sp³-hybridized carbons (Fsp3) is 0.167. The monoisotopic (exact) mass is 279 g/mol. The third-order valence-electron chi connectivity index (χ3n) is 2.47. The Morgan fingerprint density at radius 3 is 2.89 bits per heavy atom. The van der Waals surface area contributed by atoms with Crippen LogP contribution in [0, 0.1) is 0 Å². The third-order valence-corrected chi connectivity index (χ3v) is 3.42. The summed E-state index contributed by atoms with van der Waals surface area (Å²) in [7, 11) is -3.51. The molecule has 2 rings (SSSR count). The van der Waals surface area contributed by atoms with Gasteiger partial charge in [0.2, 0.25) is 15.0 Å². The first-order valence-corrected chi connectivity index (χ1v) is 7.40. The molecule has 0 unspecified atom stereocenters. The molecule has 2 aromatic rings. The second kappa shape index (κ2) is 4.85. The van der Waals surface area contributed by atoms with E-state index in [0.717, 1.165) is 6.26 Å². The SMILES string of the molecule is C=CCNC(=O)c1nc(S(C)(=O)=O)n2ccccc12. The fourth-order valence-electron chi connectivity index (χ4n) is 1.69. The van der Waals surface area contributed by atoms with Gasteiger partial charge >= 0.3 is 0 Å². The standard InChI is InChI=1S/C12H13N3O3S/c1-3-7-13-11(16)10-9-6-4-5-8-15(9)12(14-10)19(2,17)18/h3-6,8H,1,7H2,2H3,(H,13,16). The van der Waals surface area contributed by atoms with Crippen molar-refractivity contribution in [1.82, 2.24) is 14.7 Å². The van der Waals surface area contributed by atoms with Gasteiger partial charge in [-0.3, -0.25) is 9.20 Å². The number of sulfone groups is 1. The van der Waals surface area contributed by atoms with Gasteiger partial charge in [0, 0.05) is 19.0 Å². The third kappa shape index (κ3) is 2.50. The molecule has 100 valence electrons. The zero-order valence-electron chi connectivity index (χ0n) is 10.3. The van der Waals surface area contributed by atoms with E-state index in [2.05, 4.69) is 16.9 Å². The van der Waals surface area contributed by atoms with E-state index in [9.17, 15) is 13.2 Å². The molecule has 7 heteroatoms. The maximum atomic E-state index is 11.9. The predicted molar refractivity (Wildman–Crippen MR) is 70.8 cm³/mol. The molecule has 0 aliphatic rings. The molecule has 1 N–H and O–H groups in total. The van der Waals surface area contributed by atoms with Crippen molar-refractivity contribution < 1.29 is 13.2 Å². The maximum absolute atomic E-state index is 11.9. The normalized spacial score (nSPS) is 11.4. The quantitative estimate of drug-likeness (QED) is 0.833. The summed E-state index contributed by atoms with van der Waals surface area (Å²) in [5.41, 5.74) is 0.535. The highest BCUT2D eigenvalue weighted by Crippen LogP contribution is 2.16. The van der Waals surface area contributed by atoms with Crippen LogP contribution in [0.15, 0.2) is 42.2 Å². The van der Waals surface area contributed by atoms with Crippen molar-refractivity contribution in [2.45, 2.75) is 5.16 Å². The Kier molecular flexibility index (Phi) is 3.39. The molecular weight excluding hydrogens is 266 g/mol. The average molecular weight is 279 g/mol. The molecule has 2 heterocycles. The zero-order chi connectivity index (χ0) is 14.0. The van der Waals surface area contributed by atoms with Gasteiger partial charge in [-0.2, -0.15) is 0 Å². The molecule has 0 saturated carbocycles. The number of hydrogen-bond acceptors (Lipinski definition) is 4. The lowest BCUT2D eigenvalue weighted by atomic mass is 10.3. The van der Waals surface area contributed by atoms with Crippen LogP contribution >= 0.6 is 0 Å². The van der Waals surface area contributed by atoms with Crippen LogP contribution in [-0.4, -0.2) is 36.5 Å². The molecule has 0 aliphatic carbocycles. The van der Waals surface area contributed by atoms with Gasteiger partial charge in [-0.15, -0.1) is 6.58 Å². The van der Waals surface area contributed by atoms with Crippen LogP contribution in [-0.2, 0) is 9.84 Å². The molecule has 0 saturated heterocycles. The molecule has 1 amide bonds. The highest BCUT2D eigenvalue weighted by atomic mass is 32.2. The topological polar surface area (TPSA) is 80.5 Å². The number of hydrogen-bond donors (Lipinski definition) is 1. The van der Waals surface area contributed by atoms with Gasteiger partial charge in [-0.25, -0.2) is 13.4 Å². The summed E-state index contributed by atoms with van der Waals surface area (Å²) in [5, 5.41) is 2.43. The Morgan fingerprint density at radius 1 is 1.53 bits per heavy atom. The Hall–Kier alpha value is -2.15. The van der Waals surface area contributed by atoms with Crippen molar-refractivity contribution >= 4 is 21.3 Å². The van der Waals surface area contributed by atoms with Gasteiger partial charge in [-0.05, 0) is 12.1 Å². The van der Waals surface area contributed by atoms with Crippen molar-refractivity contribution in [3.8, 4) is 0 Å². The van der Waals surface area contributed by atoms with E-state index >= 15 is 0 Å². The number of imidazole rings is 1. The number of carbonyl (C=O) groups is 1. The summed E-state index contributed by atoms with van der Waals surface area (Å²) < 4.78 is 24.7. The average Bonchev–Trinajstić information content (AvgIpc) is 2.75. The van der Waals surface area contributed by atoms with Crippen LogP contribution in [0.1, 0.15) is 10.5 Å². The van der Waals surface area contributed by atoms with Crippen LogP contribution in [0.2, 0.25) is 0 Å². The Bertz CT molecular complexity index is 747. The van der Waals surface area contributed by atoms with Gasteiger partial charge in [0.05, 0.1) is 5.52 Å².